The van der Waals surface area contributed by atoms with Crippen LogP contribution in [0.15, 0.2) is 5.11 Å². The van der Waals surface area contributed by atoms with Gasteiger partial charge in [0.05, 0.1) is 24.9 Å². The minimum Gasteiger partial charge on any atom is -0.390 e. The molecule has 1 aliphatic rings. The molecule has 1 fully saturated rings. The van der Waals surface area contributed by atoms with E-state index in [1.54, 1.807) is 0 Å². The Balaban J connectivity index is 2.08. The Morgan fingerprint density at radius 2 is 1.52 bits per heavy atom. The maximum absolute atomic E-state index is 10.5. The summed E-state index contributed by atoms with van der Waals surface area (Å²) in [5.41, 5.74) is 8.70. The minimum atomic E-state index is -0.746. The van der Waals surface area contributed by atoms with Crippen molar-refractivity contribution in [1.29, 1.82) is 0 Å². The van der Waals surface area contributed by atoms with Crippen LogP contribution in [0.3, 0.4) is 0 Å². The van der Waals surface area contributed by atoms with E-state index < -0.39 is 24.0 Å². The predicted octanol–water partition coefficient (Wildman–Crippen LogP) is 6.27. The van der Waals surface area contributed by atoms with E-state index in [-0.39, 0.29) is 6.61 Å². The Labute approximate surface area is 165 Å². The van der Waals surface area contributed by atoms with Crippen LogP contribution in [0.1, 0.15) is 104 Å². The van der Waals surface area contributed by atoms with Gasteiger partial charge in [0.2, 0.25) is 0 Å². The molecule has 0 aromatic rings. The first-order chi connectivity index (χ1) is 13.0. The third-order valence-corrected chi connectivity index (χ3v) is 5.33. The third kappa shape index (κ3) is 10.9. The highest BCUT2D eigenvalue weighted by molar-refractivity contribution is 4.88. The van der Waals surface area contributed by atoms with Crippen LogP contribution in [0.2, 0.25) is 0 Å². The zero-order valence-electron chi connectivity index (χ0n) is 17.7. The SMILES string of the molecule is CCCCCCCCCCCCCC[C@@H](O)[C@H]1OC(C)(C)OC[C@@H]1N=[N+]=[N-]. The number of hydrogen-bond donors (Lipinski definition) is 1. The lowest BCUT2D eigenvalue weighted by molar-refractivity contribution is -0.294. The van der Waals surface area contributed by atoms with Crippen LogP contribution in [0.4, 0.5) is 0 Å². The van der Waals surface area contributed by atoms with E-state index in [4.69, 9.17) is 15.0 Å². The fourth-order valence-corrected chi connectivity index (χ4v) is 3.68. The minimum absolute atomic E-state index is 0.289. The fraction of sp³-hybridized carbons (Fsp3) is 1.00. The zero-order chi connectivity index (χ0) is 20.0. The molecule has 1 N–H and O–H groups in total. The molecule has 1 saturated heterocycles. The normalized spacial score (nSPS) is 23.0. The van der Waals surface area contributed by atoms with Gasteiger partial charge in [0.15, 0.2) is 5.79 Å². The van der Waals surface area contributed by atoms with E-state index in [2.05, 4.69) is 16.9 Å². The second kappa shape index (κ2) is 14.2. The Morgan fingerprint density at radius 3 is 2.04 bits per heavy atom. The predicted molar refractivity (Wildman–Crippen MR) is 110 cm³/mol. The highest BCUT2D eigenvalue weighted by Gasteiger charge is 2.39. The number of aliphatic hydroxyl groups excluding tert-OH is 1. The molecular weight excluding hydrogens is 342 g/mol. The van der Waals surface area contributed by atoms with Crippen molar-refractivity contribution in [3.05, 3.63) is 10.4 Å². The van der Waals surface area contributed by atoms with Gasteiger partial charge in [-0.05, 0) is 25.8 Å². The average Bonchev–Trinajstić information content (AvgIpc) is 2.64. The van der Waals surface area contributed by atoms with Crippen molar-refractivity contribution in [3.8, 4) is 0 Å². The van der Waals surface area contributed by atoms with Crippen molar-refractivity contribution in [3.63, 3.8) is 0 Å². The van der Waals surface area contributed by atoms with Gasteiger partial charge in [-0.25, -0.2) is 0 Å². The van der Waals surface area contributed by atoms with Crippen LogP contribution in [-0.4, -0.2) is 35.8 Å². The summed E-state index contributed by atoms with van der Waals surface area (Å²) in [5, 5.41) is 14.2. The van der Waals surface area contributed by atoms with Crippen molar-refractivity contribution in [2.45, 2.75) is 128 Å². The first-order valence-corrected chi connectivity index (χ1v) is 11.0. The van der Waals surface area contributed by atoms with Gasteiger partial charge >= 0.3 is 0 Å². The number of unbranched alkanes of at least 4 members (excludes halogenated alkanes) is 11. The topological polar surface area (TPSA) is 87.5 Å². The lowest BCUT2D eigenvalue weighted by Crippen LogP contribution is -2.52. The van der Waals surface area contributed by atoms with Crippen LogP contribution >= 0.6 is 0 Å². The maximum Gasteiger partial charge on any atom is 0.163 e. The summed E-state index contributed by atoms with van der Waals surface area (Å²) in [4.78, 5) is 2.86. The van der Waals surface area contributed by atoms with E-state index in [0.29, 0.717) is 6.42 Å². The molecule has 0 aliphatic carbocycles. The molecule has 1 rings (SSSR count). The molecular formula is C21H41N3O3. The summed E-state index contributed by atoms with van der Waals surface area (Å²) in [6.07, 6.45) is 15.1. The Bertz CT molecular complexity index is 425. The Kier molecular flexibility index (Phi) is 12.8. The molecule has 0 aromatic carbocycles. The summed E-state index contributed by atoms with van der Waals surface area (Å²) < 4.78 is 11.4. The summed E-state index contributed by atoms with van der Waals surface area (Å²) in [7, 11) is 0. The molecule has 0 unspecified atom stereocenters. The number of rotatable bonds is 15. The quantitative estimate of drug-likeness (QED) is 0.156. The van der Waals surface area contributed by atoms with Gasteiger partial charge in [0, 0.05) is 4.91 Å². The lowest BCUT2D eigenvalue weighted by Gasteiger charge is -2.41. The highest BCUT2D eigenvalue weighted by atomic mass is 16.7. The summed E-state index contributed by atoms with van der Waals surface area (Å²) in [6, 6.07) is -0.463. The van der Waals surface area contributed by atoms with Crippen LogP contribution in [-0.2, 0) is 9.47 Å². The number of hydrogen-bond acceptors (Lipinski definition) is 4. The first kappa shape index (κ1) is 24.2. The van der Waals surface area contributed by atoms with Gasteiger partial charge in [-0.15, -0.1) is 0 Å². The molecule has 1 heterocycles. The molecule has 27 heavy (non-hydrogen) atoms. The van der Waals surface area contributed by atoms with Crippen molar-refractivity contribution in [2.75, 3.05) is 6.61 Å². The molecule has 0 aromatic heterocycles. The molecule has 6 nitrogen and oxygen atoms in total. The third-order valence-electron chi connectivity index (χ3n) is 5.33. The van der Waals surface area contributed by atoms with E-state index in [0.717, 1.165) is 12.8 Å². The number of azide groups is 1. The van der Waals surface area contributed by atoms with E-state index in [1.165, 1.54) is 64.2 Å². The van der Waals surface area contributed by atoms with Gasteiger partial charge in [-0.1, -0.05) is 89.1 Å². The number of nitrogens with zero attached hydrogens (tertiary/aromatic N) is 3. The first-order valence-electron chi connectivity index (χ1n) is 11.0. The van der Waals surface area contributed by atoms with Gasteiger partial charge in [0.25, 0.3) is 0 Å². The zero-order valence-corrected chi connectivity index (χ0v) is 17.7. The molecule has 0 spiro atoms. The van der Waals surface area contributed by atoms with Gasteiger partial charge < -0.3 is 14.6 Å². The Hall–Kier alpha value is -0.810. The molecule has 6 heteroatoms. The van der Waals surface area contributed by atoms with Crippen molar-refractivity contribution < 1.29 is 14.6 Å². The maximum atomic E-state index is 10.5. The standard InChI is InChI=1S/C21H41N3O3/c1-4-5-6-7-8-9-10-11-12-13-14-15-16-19(25)20-18(23-24-22)17-26-21(2,3)27-20/h18-20,25H,4-17H2,1-3H3/t18-,19+,20-/m0/s1. The van der Waals surface area contributed by atoms with Gasteiger partial charge in [0.1, 0.15) is 0 Å². The molecule has 0 saturated carbocycles. The van der Waals surface area contributed by atoms with Crippen LogP contribution < -0.4 is 0 Å². The van der Waals surface area contributed by atoms with E-state index in [9.17, 15) is 5.11 Å². The van der Waals surface area contributed by atoms with Crippen molar-refractivity contribution >= 4 is 0 Å². The van der Waals surface area contributed by atoms with Crippen LogP contribution in [0.5, 0.6) is 0 Å². The monoisotopic (exact) mass is 383 g/mol. The molecule has 0 bridgehead atoms. The van der Waals surface area contributed by atoms with Crippen molar-refractivity contribution in [1.82, 2.24) is 0 Å². The number of aliphatic hydroxyl groups is 1. The highest BCUT2D eigenvalue weighted by Crippen LogP contribution is 2.28. The Morgan fingerprint density at radius 1 is 1.00 bits per heavy atom. The summed E-state index contributed by atoms with van der Waals surface area (Å²) in [6.45, 7) is 6.19. The smallest absolute Gasteiger partial charge is 0.163 e. The van der Waals surface area contributed by atoms with E-state index >= 15 is 0 Å². The second-order valence-corrected chi connectivity index (χ2v) is 8.31. The van der Waals surface area contributed by atoms with Crippen LogP contribution in [0, 0.1) is 0 Å². The molecule has 1 aliphatic heterocycles. The van der Waals surface area contributed by atoms with Gasteiger partial charge in [-0.2, -0.15) is 0 Å². The summed E-state index contributed by atoms with van der Waals surface area (Å²) >= 11 is 0. The molecule has 0 radical (unpaired) electrons. The van der Waals surface area contributed by atoms with Crippen molar-refractivity contribution in [2.24, 2.45) is 5.11 Å². The van der Waals surface area contributed by atoms with E-state index in [1.807, 2.05) is 13.8 Å². The number of ether oxygens (including phenoxy) is 2. The summed E-state index contributed by atoms with van der Waals surface area (Å²) in [5.74, 6) is -0.746. The second-order valence-electron chi connectivity index (χ2n) is 8.31. The van der Waals surface area contributed by atoms with Crippen LogP contribution in [0.25, 0.3) is 10.4 Å². The molecule has 0 amide bonds. The van der Waals surface area contributed by atoms with Gasteiger partial charge in [-0.3, -0.25) is 0 Å². The molecule has 158 valence electrons. The average molecular weight is 384 g/mol. The largest absolute Gasteiger partial charge is 0.390 e. The fourth-order valence-electron chi connectivity index (χ4n) is 3.68. The lowest BCUT2D eigenvalue weighted by atomic mass is 9.98. The molecule has 3 atom stereocenters.